The van der Waals surface area contributed by atoms with Crippen LogP contribution < -0.4 is 16.0 Å². The van der Waals surface area contributed by atoms with Gasteiger partial charge in [-0.1, -0.05) is 0 Å². The molecule has 2 heterocycles. The first-order valence-electron chi connectivity index (χ1n) is 6.01. The molecule has 0 aromatic carbocycles. The maximum absolute atomic E-state index is 11.8. The van der Waals surface area contributed by atoms with Gasteiger partial charge in [0.1, 0.15) is 11.9 Å². The molecule has 2 amide bonds. The topological polar surface area (TPSA) is 126 Å². The molecule has 0 radical (unpaired) electrons. The lowest BCUT2D eigenvalue weighted by molar-refractivity contribution is -0.139. The average Bonchev–Trinajstić information content (AvgIpc) is 2.41. The Kier molecular flexibility index (Phi) is 3.83. The van der Waals surface area contributed by atoms with Crippen molar-refractivity contribution in [3.8, 4) is 0 Å². The van der Waals surface area contributed by atoms with E-state index in [1.54, 1.807) is 11.0 Å². The molecule has 1 atom stereocenters. The predicted octanol–water partition coefficient (Wildman–Crippen LogP) is -1.04. The van der Waals surface area contributed by atoms with Crippen LogP contribution in [0.5, 0.6) is 0 Å². The molecule has 1 saturated heterocycles. The molecule has 0 bridgehead atoms. The van der Waals surface area contributed by atoms with Crippen LogP contribution in [0, 0.1) is 0 Å². The van der Waals surface area contributed by atoms with Crippen molar-refractivity contribution in [2.45, 2.75) is 12.5 Å². The molecule has 1 aromatic heterocycles. The largest absolute Gasteiger partial charge is 0.481 e. The lowest BCUT2D eigenvalue weighted by Gasteiger charge is -2.35. The number of carboxylic acid groups (broad SMARTS) is 1. The zero-order chi connectivity index (χ0) is 14.7. The summed E-state index contributed by atoms with van der Waals surface area (Å²) in [6.45, 7) is 0.862. The third-order valence-electron chi connectivity index (χ3n) is 3.03. The van der Waals surface area contributed by atoms with Crippen molar-refractivity contribution in [3.05, 3.63) is 23.9 Å². The van der Waals surface area contributed by atoms with E-state index in [4.69, 9.17) is 10.8 Å². The number of nitrogens with zero attached hydrogens (tertiary/aromatic N) is 2. The van der Waals surface area contributed by atoms with E-state index < -0.39 is 17.9 Å². The predicted molar refractivity (Wildman–Crippen MR) is 69.2 cm³/mol. The molecule has 106 valence electrons. The minimum Gasteiger partial charge on any atom is -0.481 e. The minimum atomic E-state index is -1.06. The lowest BCUT2D eigenvalue weighted by atomic mass is 10.1. The first-order valence-corrected chi connectivity index (χ1v) is 6.01. The second kappa shape index (κ2) is 5.55. The summed E-state index contributed by atoms with van der Waals surface area (Å²) in [5, 5.41) is 11.5. The van der Waals surface area contributed by atoms with E-state index in [0.717, 1.165) is 0 Å². The first kappa shape index (κ1) is 13.8. The number of pyridine rings is 1. The fourth-order valence-electron chi connectivity index (χ4n) is 2.06. The number of amides is 2. The summed E-state index contributed by atoms with van der Waals surface area (Å²) >= 11 is 0. The van der Waals surface area contributed by atoms with Crippen LogP contribution in [0.15, 0.2) is 18.3 Å². The number of hydrogen-bond donors (Lipinski definition) is 3. The van der Waals surface area contributed by atoms with Crippen molar-refractivity contribution in [3.63, 3.8) is 0 Å². The van der Waals surface area contributed by atoms with Crippen LogP contribution in [0.1, 0.15) is 16.8 Å². The summed E-state index contributed by atoms with van der Waals surface area (Å²) in [5.41, 5.74) is 5.38. The molecular formula is C12H14N4O4. The Morgan fingerprint density at radius 2 is 2.25 bits per heavy atom. The van der Waals surface area contributed by atoms with Crippen LogP contribution in [0.4, 0.5) is 5.82 Å². The standard InChI is InChI=1S/C12H14N4O4/c13-11(19)7-1-2-9(15-6-7)16-4-3-14-12(20)8(16)5-10(17)18/h1-2,6,8H,3-5H2,(H2,13,19)(H,14,20)(H,17,18). The van der Waals surface area contributed by atoms with Gasteiger partial charge in [0, 0.05) is 19.3 Å². The summed E-state index contributed by atoms with van der Waals surface area (Å²) in [6, 6.07) is 2.23. The Labute approximate surface area is 114 Å². The molecule has 1 unspecified atom stereocenters. The highest BCUT2D eigenvalue weighted by Crippen LogP contribution is 2.18. The molecule has 8 heteroatoms. The summed E-state index contributed by atoms with van der Waals surface area (Å²) < 4.78 is 0. The molecular weight excluding hydrogens is 264 g/mol. The molecule has 2 rings (SSSR count). The highest BCUT2D eigenvalue weighted by Gasteiger charge is 2.32. The first-order chi connectivity index (χ1) is 9.49. The van der Waals surface area contributed by atoms with Crippen molar-refractivity contribution in [2.24, 2.45) is 5.73 Å². The number of nitrogens with two attached hydrogens (primary N) is 1. The quantitative estimate of drug-likeness (QED) is 0.646. The van der Waals surface area contributed by atoms with Gasteiger partial charge in [0.15, 0.2) is 0 Å². The summed E-state index contributed by atoms with van der Waals surface area (Å²) in [7, 11) is 0. The highest BCUT2D eigenvalue weighted by atomic mass is 16.4. The smallest absolute Gasteiger partial charge is 0.305 e. The number of carboxylic acids is 1. The minimum absolute atomic E-state index is 0.255. The van der Waals surface area contributed by atoms with Gasteiger partial charge in [0.25, 0.3) is 0 Å². The van der Waals surface area contributed by atoms with Crippen LogP contribution in [0.25, 0.3) is 0 Å². The van der Waals surface area contributed by atoms with Crippen LogP contribution in [0.3, 0.4) is 0 Å². The number of carbonyl (C=O) groups excluding carboxylic acids is 2. The molecule has 0 saturated carbocycles. The number of nitrogens with one attached hydrogen (secondary N) is 1. The summed E-state index contributed by atoms with van der Waals surface area (Å²) in [4.78, 5) is 39.3. The Morgan fingerprint density at radius 1 is 1.50 bits per heavy atom. The van der Waals surface area contributed by atoms with Crippen molar-refractivity contribution in [2.75, 3.05) is 18.0 Å². The maximum atomic E-state index is 11.8. The zero-order valence-corrected chi connectivity index (χ0v) is 10.6. The molecule has 20 heavy (non-hydrogen) atoms. The Bertz CT molecular complexity index is 543. The number of rotatable bonds is 4. The second-order valence-electron chi connectivity index (χ2n) is 4.37. The van der Waals surface area contributed by atoms with Crippen molar-refractivity contribution >= 4 is 23.6 Å². The van der Waals surface area contributed by atoms with Crippen LogP contribution in [0.2, 0.25) is 0 Å². The van der Waals surface area contributed by atoms with Gasteiger partial charge >= 0.3 is 5.97 Å². The van der Waals surface area contributed by atoms with Crippen molar-refractivity contribution in [1.82, 2.24) is 10.3 Å². The maximum Gasteiger partial charge on any atom is 0.305 e. The van der Waals surface area contributed by atoms with Gasteiger partial charge in [-0.15, -0.1) is 0 Å². The third kappa shape index (κ3) is 2.85. The molecule has 1 aromatic rings. The van der Waals surface area contributed by atoms with E-state index in [1.165, 1.54) is 12.3 Å². The van der Waals surface area contributed by atoms with E-state index in [0.29, 0.717) is 18.9 Å². The van der Waals surface area contributed by atoms with Gasteiger partial charge in [0.2, 0.25) is 11.8 Å². The van der Waals surface area contributed by atoms with Crippen LogP contribution in [-0.4, -0.2) is 47.0 Å². The fraction of sp³-hybridized carbons (Fsp3) is 0.333. The number of aromatic nitrogens is 1. The molecule has 1 aliphatic rings. The molecule has 0 aliphatic carbocycles. The summed E-state index contributed by atoms with van der Waals surface area (Å²) in [6.07, 6.45) is 0.993. The van der Waals surface area contributed by atoms with Crippen LogP contribution >= 0.6 is 0 Å². The van der Waals surface area contributed by atoms with E-state index in [2.05, 4.69) is 10.3 Å². The van der Waals surface area contributed by atoms with E-state index >= 15 is 0 Å². The Hall–Kier alpha value is -2.64. The van der Waals surface area contributed by atoms with E-state index in [1.807, 2.05) is 0 Å². The number of aliphatic carboxylic acids is 1. The number of primary amides is 1. The SMILES string of the molecule is NC(=O)c1ccc(N2CCNC(=O)C2CC(=O)O)nc1. The molecule has 4 N–H and O–H groups in total. The Balaban J connectivity index is 2.25. The molecule has 1 fully saturated rings. The number of anilines is 1. The van der Waals surface area contributed by atoms with Gasteiger partial charge < -0.3 is 21.1 Å². The van der Waals surface area contributed by atoms with E-state index in [-0.39, 0.29) is 17.9 Å². The number of piperazine rings is 1. The molecule has 8 nitrogen and oxygen atoms in total. The van der Waals surface area contributed by atoms with Crippen molar-refractivity contribution < 1.29 is 19.5 Å². The van der Waals surface area contributed by atoms with Gasteiger partial charge in [-0.05, 0) is 12.1 Å². The zero-order valence-electron chi connectivity index (χ0n) is 10.6. The monoisotopic (exact) mass is 278 g/mol. The normalized spacial score (nSPS) is 18.5. The van der Waals surface area contributed by atoms with Crippen molar-refractivity contribution in [1.29, 1.82) is 0 Å². The fourth-order valence-corrected chi connectivity index (χ4v) is 2.06. The van der Waals surface area contributed by atoms with E-state index in [9.17, 15) is 14.4 Å². The third-order valence-corrected chi connectivity index (χ3v) is 3.03. The average molecular weight is 278 g/mol. The van der Waals surface area contributed by atoms with Crippen LogP contribution in [-0.2, 0) is 9.59 Å². The lowest BCUT2D eigenvalue weighted by Crippen LogP contribution is -2.56. The van der Waals surface area contributed by atoms with Gasteiger partial charge in [-0.3, -0.25) is 14.4 Å². The highest BCUT2D eigenvalue weighted by molar-refractivity contribution is 5.93. The van der Waals surface area contributed by atoms with Gasteiger partial charge in [0.05, 0.1) is 12.0 Å². The molecule has 0 spiro atoms. The van der Waals surface area contributed by atoms with Gasteiger partial charge in [-0.2, -0.15) is 0 Å². The Morgan fingerprint density at radius 3 is 2.80 bits per heavy atom. The summed E-state index contributed by atoms with van der Waals surface area (Å²) in [5.74, 6) is -1.57. The second-order valence-corrected chi connectivity index (χ2v) is 4.37. The molecule has 1 aliphatic heterocycles. The van der Waals surface area contributed by atoms with Gasteiger partial charge in [-0.25, -0.2) is 4.98 Å². The number of carbonyl (C=O) groups is 3. The number of hydrogen-bond acceptors (Lipinski definition) is 5.